The van der Waals surface area contributed by atoms with Crippen LogP contribution >= 0.6 is 11.8 Å². The van der Waals surface area contributed by atoms with Crippen molar-refractivity contribution in [1.29, 1.82) is 0 Å². The van der Waals surface area contributed by atoms with Crippen molar-refractivity contribution in [3.05, 3.63) is 23.8 Å². The Balaban J connectivity index is 3.10. The molecular formula is C10H12O3S. The van der Waals surface area contributed by atoms with Crippen LogP contribution in [0.15, 0.2) is 23.1 Å². The van der Waals surface area contributed by atoms with Gasteiger partial charge in [-0.1, -0.05) is 6.07 Å². The van der Waals surface area contributed by atoms with Crippen LogP contribution in [0.1, 0.15) is 17.3 Å². The van der Waals surface area contributed by atoms with E-state index in [1.807, 2.05) is 6.26 Å². The Kier molecular flexibility index (Phi) is 3.83. The molecule has 0 saturated heterocycles. The second-order valence-electron chi connectivity index (χ2n) is 2.57. The fraction of sp³-hybridized carbons (Fsp3) is 0.300. The molecule has 0 amide bonds. The quantitative estimate of drug-likeness (QED) is 0.617. The van der Waals surface area contributed by atoms with Crippen LogP contribution in [0, 0.1) is 0 Å². The first-order chi connectivity index (χ1) is 6.70. The number of hydrogen-bond donors (Lipinski definition) is 1. The number of thioether (sulfide) groups is 1. The Bertz CT molecular complexity index is 336. The molecule has 1 rings (SSSR count). The number of ether oxygens (including phenoxy) is 1. The van der Waals surface area contributed by atoms with Crippen molar-refractivity contribution in [3.8, 4) is 5.75 Å². The predicted octanol–water partition coefficient (Wildman–Crippen LogP) is 2.29. The minimum absolute atomic E-state index is 0.0321. The maximum absolute atomic E-state index is 11.4. The molecule has 1 aromatic rings. The van der Waals surface area contributed by atoms with Crippen molar-refractivity contribution in [3.63, 3.8) is 0 Å². The maximum Gasteiger partial charge on any atom is 0.343 e. The number of rotatable bonds is 3. The van der Waals surface area contributed by atoms with E-state index in [1.54, 1.807) is 19.1 Å². The molecule has 0 bridgehead atoms. The molecule has 14 heavy (non-hydrogen) atoms. The molecule has 0 saturated carbocycles. The van der Waals surface area contributed by atoms with Gasteiger partial charge in [-0.15, -0.1) is 11.8 Å². The van der Waals surface area contributed by atoms with Crippen molar-refractivity contribution in [1.82, 2.24) is 0 Å². The molecule has 4 heteroatoms. The lowest BCUT2D eigenvalue weighted by Gasteiger charge is -2.07. The van der Waals surface area contributed by atoms with Crippen LogP contribution < -0.4 is 0 Å². The monoisotopic (exact) mass is 212 g/mol. The summed E-state index contributed by atoms with van der Waals surface area (Å²) in [5, 5.41) is 9.51. The zero-order valence-corrected chi connectivity index (χ0v) is 8.93. The number of phenolic OH excluding ortho intramolecular Hbond substituents is 1. The Morgan fingerprint density at radius 3 is 2.86 bits per heavy atom. The molecule has 0 radical (unpaired) electrons. The third-order valence-corrected chi connectivity index (χ3v) is 2.48. The molecule has 3 nitrogen and oxygen atoms in total. The van der Waals surface area contributed by atoms with Gasteiger partial charge in [-0.3, -0.25) is 0 Å². The smallest absolute Gasteiger partial charge is 0.343 e. The van der Waals surface area contributed by atoms with Gasteiger partial charge in [0.05, 0.1) is 6.61 Å². The lowest BCUT2D eigenvalue weighted by molar-refractivity contribution is 0.0519. The first-order valence-electron chi connectivity index (χ1n) is 4.23. The Morgan fingerprint density at radius 1 is 1.57 bits per heavy atom. The predicted molar refractivity (Wildman–Crippen MR) is 55.8 cm³/mol. The lowest BCUT2D eigenvalue weighted by Crippen LogP contribution is -2.06. The Morgan fingerprint density at radius 2 is 2.29 bits per heavy atom. The fourth-order valence-electron chi connectivity index (χ4n) is 1.10. The number of hydrogen-bond acceptors (Lipinski definition) is 4. The molecule has 0 spiro atoms. The molecule has 0 atom stereocenters. The molecule has 0 heterocycles. The minimum atomic E-state index is -0.477. The molecule has 1 aromatic carbocycles. The molecule has 0 unspecified atom stereocenters. The largest absolute Gasteiger partial charge is 0.507 e. The fourth-order valence-corrected chi connectivity index (χ4v) is 1.70. The summed E-state index contributed by atoms with van der Waals surface area (Å²) in [4.78, 5) is 12.2. The molecule has 1 N–H and O–H groups in total. The summed E-state index contributed by atoms with van der Waals surface area (Å²) < 4.78 is 4.84. The first-order valence-corrected chi connectivity index (χ1v) is 5.46. The topological polar surface area (TPSA) is 46.5 Å². The highest BCUT2D eigenvalue weighted by molar-refractivity contribution is 7.98. The van der Waals surface area contributed by atoms with E-state index < -0.39 is 5.97 Å². The number of carbonyl (C=O) groups excluding carboxylic acids is 1. The van der Waals surface area contributed by atoms with Gasteiger partial charge in [-0.2, -0.15) is 0 Å². The highest BCUT2D eigenvalue weighted by Gasteiger charge is 2.16. The van der Waals surface area contributed by atoms with Crippen LogP contribution in [0.5, 0.6) is 5.75 Å². The number of phenols is 1. The summed E-state index contributed by atoms with van der Waals surface area (Å²) in [5.74, 6) is -0.509. The number of esters is 1. The van der Waals surface area contributed by atoms with Gasteiger partial charge in [0.2, 0.25) is 0 Å². The van der Waals surface area contributed by atoms with Crippen molar-refractivity contribution in [2.75, 3.05) is 12.9 Å². The zero-order valence-electron chi connectivity index (χ0n) is 8.11. The van der Waals surface area contributed by atoms with E-state index in [9.17, 15) is 9.90 Å². The zero-order chi connectivity index (χ0) is 10.6. The van der Waals surface area contributed by atoms with Crippen LogP contribution in [-0.2, 0) is 4.74 Å². The Hall–Kier alpha value is -1.16. The van der Waals surface area contributed by atoms with E-state index in [1.165, 1.54) is 17.8 Å². The van der Waals surface area contributed by atoms with E-state index in [-0.39, 0.29) is 11.3 Å². The summed E-state index contributed by atoms with van der Waals surface area (Å²) >= 11 is 1.40. The molecule has 76 valence electrons. The van der Waals surface area contributed by atoms with E-state index in [2.05, 4.69) is 0 Å². The minimum Gasteiger partial charge on any atom is -0.507 e. The van der Waals surface area contributed by atoms with Crippen LogP contribution in [0.4, 0.5) is 0 Å². The normalized spacial score (nSPS) is 9.86. The van der Waals surface area contributed by atoms with Gasteiger partial charge in [-0.25, -0.2) is 4.79 Å². The van der Waals surface area contributed by atoms with Gasteiger partial charge in [0, 0.05) is 4.90 Å². The summed E-state index contributed by atoms with van der Waals surface area (Å²) in [6, 6.07) is 4.95. The third-order valence-electron chi connectivity index (χ3n) is 1.70. The second kappa shape index (κ2) is 4.91. The van der Waals surface area contributed by atoms with Crippen LogP contribution in [0.2, 0.25) is 0 Å². The van der Waals surface area contributed by atoms with E-state index >= 15 is 0 Å². The number of aromatic hydroxyl groups is 1. The molecule has 0 aliphatic rings. The molecule has 0 aromatic heterocycles. The SMILES string of the molecule is CCOC(=O)c1c(O)cccc1SC. The summed E-state index contributed by atoms with van der Waals surface area (Å²) in [5.41, 5.74) is 0.252. The van der Waals surface area contributed by atoms with Crippen molar-refractivity contribution >= 4 is 17.7 Å². The lowest BCUT2D eigenvalue weighted by atomic mass is 10.2. The van der Waals surface area contributed by atoms with Gasteiger partial charge < -0.3 is 9.84 Å². The van der Waals surface area contributed by atoms with E-state index in [0.717, 1.165) is 4.90 Å². The summed E-state index contributed by atoms with van der Waals surface area (Å²) in [6.07, 6.45) is 1.84. The van der Waals surface area contributed by atoms with E-state index in [4.69, 9.17) is 4.74 Å². The summed E-state index contributed by atoms with van der Waals surface area (Å²) in [7, 11) is 0. The second-order valence-corrected chi connectivity index (χ2v) is 3.42. The highest BCUT2D eigenvalue weighted by atomic mass is 32.2. The van der Waals surface area contributed by atoms with Crippen molar-refractivity contribution in [2.45, 2.75) is 11.8 Å². The molecular weight excluding hydrogens is 200 g/mol. The maximum atomic E-state index is 11.4. The van der Waals surface area contributed by atoms with E-state index in [0.29, 0.717) is 6.61 Å². The van der Waals surface area contributed by atoms with Crippen LogP contribution in [0.3, 0.4) is 0 Å². The van der Waals surface area contributed by atoms with Crippen molar-refractivity contribution < 1.29 is 14.6 Å². The average molecular weight is 212 g/mol. The third kappa shape index (κ3) is 2.20. The van der Waals surface area contributed by atoms with Gasteiger partial charge in [-0.05, 0) is 25.3 Å². The summed E-state index contributed by atoms with van der Waals surface area (Å²) in [6.45, 7) is 2.04. The van der Waals surface area contributed by atoms with Gasteiger partial charge in [0.1, 0.15) is 11.3 Å². The molecule has 0 aliphatic carbocycles. The molecule has 0 fully saturated rings. The average Bonchev–Trinajstić information content (AvgIpc) is 2.17. The standard InChI is InChI=1S/C10H12O3S/c1-3-13-10(12)9-7(11)5-4-6-8(9)14-2/h4-6,11H,3H2,1-2H3. The highest BCUT2D eigenvalue weighted by Crippen LogP contribution is 2.28. The van der Waals surface area contributed by atoms with Crippen molar-refractivity contribution in [2.24, 2.45) is 0 Å². The van der Waals surface area contributed by atoms with Gasteiger partial charge >= 0.3 is 5.97 Å². The Labute approximate surface area is 87.1 Å². The van der Waals surface area contributed by atoms with Gasteiger partial charge in [0.15, 0.2) is 0 Å². The first kappa shape index (κ1) is 10.9. The van der Waals surface area contributed by atoms with Crippen LogP contribution in [0.25, 0.3) is 0 Å². The number of carbonyl (C=O) groups is 1. The van der Waals surface area contributed by atoms with Crippen LogP contribution in [-0.4, -0.2) is 23.9 Å². The number of benzene rings is 1. The van der Waals surface area contributed by atoms with Gasteiger partial charge in [0.25, 0.3) is 0 Å². The molecule has 0 aliphatic heterocycles.